The van der Waals surface area contributed by atoms with Crippen LogP contribution in [-0.2, 0) is 13.0 Å². The molecule has 0 saturated carbocycles. The number of nitrogens with one attached hydrogen (secondary N) is 1. The summed E-state index contributed by atoms with van der Waals surface area (Å²) in [7, 11) is 0. The van der Waals surface area contributed by atoms with E-state index in [1.54, 1.807) is 0 Å². The van der Waals surface area contributed by atoms with E-state index in [1.165, 1.54) is 0 Å². The fraction of sp³-hybridized carbons (Fsp3) is 0.348. The fourth-order valence-corrected chi connectivity index (χ4v) is 4.51. The van der Waals surface area contributed by atoms with Crippen molar-refractivity contribution < 1.29 is 4.79 Å². The number of fused-ring (bicyclic) bond motifs is 1. The highest BCUT2D eigenvalue weighted by Gasteiger charge is 2.35. The Morgan fingerprint density at radius 2 is 1.79 bits per heavy atom. The summed E-state index contributed by atoms with van der Waals surface area (Å²) in [5, 5.41) is 12.4. The van der Waals surface area contributed by atoms with E-state index in [-0.39, 0.29) is 11.9 Å². The summed E-state index contributed by atoms with van der Waals surface area (Å²) in [6.07, 6.45) is 2.81. The van der Waals surface area contributed by atoms with Gasteiger partial charge < -0.3 is 14.8 Å². The van der Waals surface area contributed by atoms with Crippen LogP contribution >= 0.6 is 0 Å². The smallest absolute Gasteiger partial charge is 0.255 e. The predicted molar refractivity (Wildman–Crippen MR) is 111 cm³/mol. The highest BCUT2D eigenvalue weighted by Crippen LogP contribution is 2.34. The number of hydrogen-bond donors (Lipinski definition) is 1. The number of rotatable bonds is 3. The molecule has 3 aromatic rings. The van der Waals surface area contributed by atoms with E-state index in [4.69, 9.17) is 0 Å². The molecule has 1 amide bonds. The summed E-state index contributed by atoms with van der Waals surface area (Å²) >= 11 is 0. The molecule has 2 aromatic carbocycles. The van der Waals surface area contributed by atoms with E-state index in [2.05, 4.69) is 32.2 Å². The Balaban J connectivity index is 1.49. The van der Waals surface area contributed by atoms with E-state index < -0.39 is 0 Å². The van der Waals surface area contributed by atoms with Gasteiger partial charge in [0.25, 0.3) is 5.91 Å². The summed E-state index contributed by atoms with van der Waals surface area (Å²) in [6, 6.07) is 18.0. The van der Waals surface area contributed by atoms with Crippen LogP contribution in [0.2, 0.25) is 0 Å². The van der Waals surface area contributed by atoms with E-state index in [9.17, 15) is 4.79 Å². The van der Waals surface area contributed by atoms with Crippen molar-refractivity contribution in [3.8, 4) is 11.1 Å². The standard InChI is InChI=1S/C23H25N5O/c29-23(19-10-5-4-9-18(19)17-7-2-1-3-8-17)27-15-6-11-20(27)22-26-25-21-12-13-24-14-16-28(21)22/h1-5,7-10,20,24H,6,11-16H2/t20-/m1/s1. The summed E-state index contributed by atoms with van der Waals surface area (Å²) in [5.74, 6) is 2.04. The molecule has 0 bridgehead atoms. The Kier molecular flexibility index (Phi) is 4.86. The molecule has 1 saturated heterocycles. The molecule has 2 aliphatic heterocycles. The van der Waals surface area contributed by atoms with Crippen molar-refractivity contribution in [2.45, 2.75) is 31.8 Å². The molecule has 0 spiro atoms. The second-order valence-electron chi connectivity index (χ2n) is 7.69. The van der Waals surface area contributed by atoms with E-state index in [1.807, 2.05) is 47.4 Å². The van der Waals surface area contributed by atoms with Gasteiger partial charge in [0.1, 0.15) is 5.82 Å². The van der Waals surface area contributed by atoms with Crippen molar-refractivity contribution in [3.05, 3.63) is 71.8 Å². The fourth-order valence-electron chi connectivity index (χ4n) is 4.51. The molecule has 1 atom stereocenters. The average Bonchev–Trinajstić information content (AvgIpc) is 3.34. The monoisotopic (exact) mass is 387 g/mol. The second kappa shape index (κ2) is 7.79. The number of amides is 1. The topological polar surface area (TPSA) is 63.1 Å². The molecule has 5 rings (SSSR count). The zero-order valence-electron chi connectivity index (χ0n) is 16.4. The Morgan fingerprint density at radius 1 is 0.966 bits per heavy atom. The van der Waals surface area contributed by atoms with Gasteiger partial charge in [0.2, 0.25) is 0 Å². The van der Waals surface area contributed by atoms with Crippen molar-refractivity contribution in [1.82, 2.24) is 25.0 Å². The van der Waals surface area contributed by atoms with E-state index >= 15 is 0 Å². The number of nitrogens with zero attached hydrogens (tertiary/aromatic N) is 4. The summed E-state index contributed by atoms with van der Waals surface area (Å²) in [5.41, 5.74) is 2.80. The number of benzene rings is 2. The molecule has 0 unspecified atom stereocenters. The normalized spacial score (nSPS) is 19.0. The van der Waals surface area contributed by atoms with Crippen LogP contribution in [0.5, 0.6) is 0 Å². The molecule has 1 N–H and O–H groups in total. The van der Waals surface area contributed by atoms with Gasteiger partial charge in [-0.3, -0.25) is 4.79 Å². The molecule has 3 heterocycles. The summed E-state index contributed by atoms with van der Waals surface area (Å²) in [6.45, 7) is 3.45. The van der Waals surface area contributed by atoms with Crippen molar-refractivity contribution in [1.29, 1.82) is 0 Å². The third-order valence-electron chi connectivity index (χ3n) is 5.95. The average molecular weight is 387 g/mol. The van der Waals surface area contributed by atoms with Crippen LogP contribution in [0.1, 0.15) is 40.9 Å². The minimum absolute atomic E-state index is 0.00863. The van der Waals surface area contributed by atoms with Gasteiger partial charge in [-0.2, -0.15) is 0 Å². The van der Waals surface area contributed by atoms with Crippen molar-refractivity contribution in [2.24, 2.45) is 0 Å². The van der Waals surface area contributed by atoms with Gasteiger partial charge in [-0.15, -0.1) is 10.2 Å². The maximum atomic E-state index is 13.6. The Morgan fingerprint density at radius 3 is 2.69 bits per heavy atom. The largest absolute Gasteiger partial charge is 0.328 e. The predicted octanol–water partition coefficient (Wildman–Crippen LogP) is 3.07. The third-order valence-corrected chi connectivity index (χ3v) is 5.95. The first-order chi connectivity index (χ1) is 14.3. The Bertz CT molecular complexity index is 1010. The lowest BCUT2D eigenvalue weighted by Gasteiger charge is -2.25. The number of aromatic nitrogens is 3. The summed E-state index contributed by atoms with van der Waals surface area (Å²) < 4.78 is 2.22. The van der Waals surface area contributed by atoms with Gasteiger partial charge in [0.15, 0.2) is 5.82 Å². The minimum atomic E-state index is -0.00863. The van der Waals surface area contributed by atoms with E-state index in [0.29, 0.717) is 0 Å². The van der Waals surface area contributed by atoms with Crippen LogP contribution in [0.4, 0.5) is 0 Å². The van der Waals surface area contributed by atoms with Crippen LogP contribution < -0.4 is 5.32 Å². The lowest BCUT2D eigenvalue weighted by molar-refractivity contribution is 0.0728. The molecule has 2 aliphatic rings. The number of hydrogen-bond acceptors (Lipinski definition) is 4. The third kappa shape index (κ3) is 3.34. The number of likely N-dealkylation sites (tertiary alicyclic amines) is 1. The lowest BCUT2D eigenvalue weighted by atomic mass is 9.98. The van der Waals surface area contributed by atoms with Crippen LogP contribution in [0.3, 0.4) is 0 Å². The molecule has 29 heavy (non-hydrogen) atoms. The molecule has 6 heteroatoms. The van der Waals surface area contributed by atoms with Crippen molar-refractivity contribution in [2.75, 3.05) is 19.6 Å². The first-order valence-corrected chi connectivity index (χ1v) is 10.4. The molecule has 6 nitrogen and oxygen atoms in total. The molecule has 148 valence electrons. The zero-order valence-corrected chi connectivity index (χ0v) is 16.4. The minimum Gasteiger partial charge on any atom is -0.328 e. The molecule has 1 aromatic heterocycles. The first-order valence-electron chi connectivity index (χ1n) is 10.4. The van der Waals surface area contributed by atoms with Gasteiger partial charge in [-0.1, -0.05) is 48.5 Å². The Hall–Kier alpha value is -2.99. The summed E-state index contributed by atoms with van der Waals surface area (Å²) in [4.78, 5) is 15.6. The second-order valence-corrected chi connectivity index (χ2v) is 7.69. The zero-order chi connectivity index (χ0) is 19.6. The molecular weight excluding hydrogens is 362 g/mol. The number of carbonyl (C=O) groups is 1. The maximum absolute atomic E-state index is 13.6. The highest BCUT2D eigenvalue weighted by atomic mass is 16.2. The van der Waals surface area contributed by atoms with Gasteiger partial charge in [-0.05, 0) is 30.0 Å². The van der Waals surface area contributed by atoms with E-state index in [0.717, 1.165) is 73.8 Å². The van der Waals surface area contributed by atoms with Crippen LogP contribution in [0.25, 0.3) is 11.1 Å². The van der Waals surface area contributed by atoms with Crippen molar-refractivity contribution in [3.63, 3.8) is 0 Å². The van der Waals surface area contributed by atoms with Crippen molar-refractivity contribution >= 4 is 5.91 Å². The lowest BCUT2D eigenvalue weighted by Crippen LogP contribution is -2.32. The van der Waals surface area contributed by atoms with Gasteiger partial charge in [0.05, 0.1) is 6.04 Å². The quantitative estimate of drug-likeness (QED) is 0.750. The highest BCUT2D eigenvalue weighted by molar-refractivity contribution is 6.01. The maximum Gasteiger partial charge on any atom is 0.255 e. The Labute approximate surface area is 170 Å². The SMILES string of the molecule is O=C(c1ccccc1-c1ccccc1)N1CCC[C@@H]1c1nnc2n1CCNCC2. The molecular formula is C23H25N5O. The first kappa shape index (κ1) is 18.1. The van der Waals surface area contributed by atoms with Gasteiger partial charge in [0, 0.05) is 38.2 Å². The molecule has 0 aliphatic carbocycles. The van der Waals surface area contributed by atoms with Gasteiger partial charge in [-0.25, -0.2) is 0 Å². The molecule has 1 fully saturated rings. The van der Waals surface area contributed by atoms with Crippen LogP contribution in [0, 0.1) is 0 Å². The molecule has 0 radical (unpaired) electrons. The number of carbonyl (C=O) groups excluding carboxylic acids is 1. The van der Waals surface area contributed by atoms with Gasteiger partial charge >= 0.3 is 0 Å². The van der Waals surface area contributed by atoms with Crippen LogP contribution in [0.15, 0.2) is 54.6 Å². The van der Waals surface area contributed by atoms with Crippen LogP contribution in [-0.4, -0.2) is 45.2 Å².